The summed E-state index contributed by atoms with van der Waals surface area (Å²) in [5, 5.41) is 10.3. The van der Waals surface area contributed by atoms with Gasteiger partial charge in [-0.2, -0.15) is 11.8 Å². The topological polar surface area (TPSA) is 66.8 Å². The van der Waals surface area contributed by atoms with E-state index in [0.717, 1.165) is 29.7 Å². The van der Waals surface area contributed by atoms with Crippen molar-refractivity contribution >= 4 is 23.8 Å². The fraction of sp³-hybridized carbons (Fsp3) is 0.462. The highest BCUT2D eigenvalue weighted by Crippen LogP contribution is 2.47. The summed E-state index contributed by atoms with van der Waals surface area (Å²) in [4.78, 5) is 27.6. The SMILES string of the molecule is CC1(C)CSCC(C(=O)O)(N(C(=O)OCC2c3ccccc3-c3ccccc32)C2CC2)C1. The van der Waals surface area contributed by atoms with Crippen molar-refractivity contribution in [2.24, 2.45) is 5.41 Å². The van der Waals surface area contributed by atoms with Crippen LogP contribution in [0.3, 0.4) is 0 Å². The lowest BCUT2D eigenvalue weighted by Gasteiger charge is -2.47. The van der Waals surface area contributed by atoms with Gasteiger partial charge in [0.2, 0.25) is 0 Å². The number of hydrogen-bond acceptors (Lipinski definition) is 4. The van der Waals surface area contributed by atoms with Crippen LogP contribution in [0.1, 0.15) is 50.2 Å². The first-order chi connectivity index (χ1) is 15.3. The minimum absolute atomic E-state index is 0.0367. The molecule has 1 unspecified atom stereocenters. The van der Waals surface area contributed by atoms with Crippen molar-refractivity contribution in [1.29, 1.82) is 0 Å². The molecule has 1 heterocycles. The number of carbonyl (C=O) groups excluding carboxylic acids is 1. The zero-order chi connectivity index (χ0) is 22.5. The van der Waals surface area contributed by atoms with Gasteiger partial charge in [0.25, 0.3) is 0 Å². The molecule has 1 aliphatic heterocycles. The van der Waals surface area contributed by atoms with Gasteiger partial charge in [-0.3, -0.25) is 4.90 Å². The quantitative estimate of drug-likeness (QED) is 0.661. The number of fused-ring (bicyclic) bond motifs is 3. The van der Waals surface area contributed by atoms with E-state index in [1.807, 2.05) is 24.3 Å². The Bertz CT molecular complexity index is 1020. The number of hydrogen-bond donors (Lipinski definition) is 1. The Kier molecular flexibility index (Phi) is 5.24. The molecule has 1 atom stereocenters. The highest BCUT2D eigenvalue weighted by Gasteiger charge is 2.57. The molecule has 0 bridgehead atoms. The first kappa shape index (κ1) is 21.4. The van der Waals surface area contributed by atoms with Crippen LogP contribution in [0.4, 0.5) is 4.79 Å². The van der Waals surface area contributed by atoms with Crippen molar-refractivity contribution in [3.05, 3.63) is 59.7 Å². The number of nitrogens with zero attached hydrogens (tertiary/aromatic N) is 1. The van der Waals surface area contributed by atoms with Crippen LogP contribution >= 0.6 is 11.8 Å². The van der Waals surface area contributed by atoms with Crippen molar-refractivity contribution in [3.63, 3.8) is 0 Å². The molecule has 1 saturated carbocycles. The summed E-state index contributed by atoms with van der Waals surface area (Å²) in [6.45, 7) is 4.38. The largest absolute Gasteiger partial charge is 0.479 e. The fourth-order valence-electron chi connectivity index (χ4n) is 5.45. The van der Waals surface area contributed by atoms with Crippen LogP contribution in [0.25, 0.3) is 11.1 Å². The average molecular weight is 452 g/mol. The molecule has 2 fully saturated rings. The fourth-order valence-corrected chi connectivity index (χ4v) is 6.91. The predicted octanol–water partition coefficient (Wildman–Crippen LogP) is 5.39. The highest BCUT2D eigenvalue weighted by molar-refractivity contribution is 7.99. The highest BCUT2D eigenvalue weighted by atomic mass is 32.2. The third-order valence-electron chi connectivity index (χ3n) is 6.91. The molecule has 2 aliphatic carbocycles. The minimum Gasteiger partial charge on any atom is -0.479 e. The molecule has 3 aliphatic rings. The number of carboxylic acid groups (broad SMARTS) is 1. The summed E-state index contributed by atoms with van der Waals surface area (Å²) in [6.07, 6.45) is 1.63. The Morgan fingerprint density at radius 2 is 1.62 bits per heavy atom. The molecule has 5 rings (SSSR count). The molecule has 1 amide bonds. The molecule has 168 valence electrons. The van der Waals surface area contributed by atoms with Gasteiger partial charge in [0, 0.05) is 17.7 Å². The number of carboxylic acids is 1. The number of amides is 1. The van der Waals surface area contributed by atoms with E-state index in [0.29, 0.717) is 12.2 Å². The third-order valence-corrected chi connectivity index (χ3v) is 8.58. The van der Waals surface area contributed by atoms with Crippen LogP contribution in [0, 0.1) is 5.41 Å². The lowest BCUT2D eigenvalue weighted by molar-refractivity contribution is -0.151. The van der Waals surface area contributed by atoms with E-state index in [-0.39, 0.29) is 24.0 Å². The number of ether oxygens (including phenoxy) is 1. The number of rotatable bonds is 5. The summed E-state index contributed by atoms with van der Waals surface area (Å²) < 4.78 is 5.91. The summed E-state index contributed by atoms with van der Waals surface area (Å²) in [5.74, 6) is 0.348. The summed E-state index contributed by atoms with van der Waals surface area (Å²) in [6, 6.07) is 16.4. The lowest BCUT2D eigenvalue weighted by Crippen LogP contribution is -2.63. The van der Waals surface area contributed by atoms with E-state index in [1.54, 1.807) is 16.7 Å². The molecular weight excluding hydrogens is 422 g/mol. The molecule has 0 spiro atoms. The number of carbonyl (C=O) groups is 2. The Morgan fingerprint density at radius 3 is 2.16 bits per heavy atom. The molecular formula is C26H29NO4S. The van der Waals surface area contributed by atoms with E-state index in [4.69, 9.17) is 4.74 Å². The first-order valence-electron chi connectivity index (χ1n) is 11.3. The van der Waals surface area contributed by atoms with Gasteiger partial charge >= 0.3 is 12.1 Å². The van der Waals surface area contributed by atoms with Crippen molar-refractivity contribution in [1.82, 2.24) is 4.90 Å². The average Bonchev–Trinajstić information content (AvgIpc) is 3.53. The molecule has 6 heteroatoms. The van der Waals surface area contributed by atoms with Crippen LogP contribution < -0.4 is 0 Å². The monoisotopic (exact) mass is 451 g/mol. The maximum Gasteiger partial charge on any atom is 0.411 e. The summed E-state index contributed by atoms with van der Waals surface area (Å²) in [5.41, 5.74) is 3.30. The standard InChI is InChI=1S/C26H29NO4S/c1-25(2)14-26(23(28)29,16-32-15-25)27(17-11-12-17)24(30)31-13-22-20-9-5-3-7-18(20)19-8-4-6-10-21(19)22/h3-10,17,22H,11-16H2,1-2H3,(H,28,29). The van der Waals surface area contributed by atoms with Gasteiger partial charge in [-0.25, -0.2) is 9.59 Å². The van der Waals surface area contributed by atoms with Crippen LogP contribution in [-0.4, -0.2) is 51.8 Å². The molecule has 5 nitrogen and oxygen atoms in total. The van der Waals surface area contributed by atoms with Gasteiger partial charge in [-0.15, -0.1) is 0 Å². The van der Waals surface area contributed by atoms with Gasteiger partial charge in [-0.05, 0) is 52.7 Å². The van der Waals surface area contributed by atoms with Crippen LogP contribution in [0.2, 0.25) is 0 Å². The van der Waals surface area contributed by atoms with Crippen LogP contribution in [-0.2, 0) is 9.53 Å². The summed E-state index contributed by atoms with van der Waals surface area (Å²) >= 11 is 1.62. The van der Waals surface area contributed by atoms with Crippen molar-refractivity contribution in [3.8, 4) is 11.1 Å². The predicted molar refractivity (Wildman–Crippen MR) is 126 cm³/mol. The van der Waals surface area contributed by atoms with Crippen LogP contribution in [0.15, 0.2) is 48.5 Å². The van der Waals surface area contributed by atoms with E-state index in [2.05, 4.69) is 38.1 Å². The number of thioether (sulfide) groups is 1. The Labute approximate surface area is 193 Å². The Hall–Kier alpha value is -2.47. The van der Waals surface area contributed by atoms with Gasteiger partial charge in [0.05, 0.1) is 0 Å². The summed E-state index contributed by atoms with van der Waals surface area (Å²) in [7, 11) is 0. The molecule has 2 aromatic rings. The van der Waals surface area contributed by atoms with Gasteiger partial charge in [0.1, 0.15) is 6.61 Å². The Morgan fingerprint density at radius 1 is 1.03 bits per heavy atom. The van der Waals surface area contributed by atoms with E-state index in [9.17, 15) is 14.7 Å². The van der Waals surface area contributed by atoms with Crippen molar-refractivity contribution in [2.75, 3.05) is 18.1 Å². The second-order valence-corrected chi connectivity index (χ2v) is 11.1. The zero-order valence-electron chi connectivity index (χ0n) is 18.5. The maximum atomic E-state index is 13.5. The maximum absolute atomic E-state index is 13.5. The van der Waals surface area contributed by atoms with E-state index < -0.39 is 17.6 Å². The molecule has 1 N–H and O–H groups in total. The second-order valence-electron chi connectivity index (χ2n) is 10.1. The third kappa shape index (κ3) is 3.58. The minimum atomic E-state index is -1.21. The number of aliphatic carboxylic acids is 1. The lowest BCUT2D eigenvalue weighted by atomic mass is 9.78. The molecule has 0 radical (unpaired) electrons. The van der Waals surface area contributed by atoms with Crippen LogP contribution in [0.5, 0.6) is 0 Å². The zero-order valence-corrected chi connectivity index (χ0v) is 19.4. The van der Waals surface area contributed by atoms with Crippen molar-refractivity contribution < 1.29 is 19.4 Å². The normalized spacial score (nSPS) is 23.8. The van der Waals surface area contributed by atoms with E-state index >= 15 is 0 Å². The van der Waals surface area contributed by atoms with Gasteiger partial charge in [0.15, 0.2) is 5.54 Å². The second kappa shape index (κ2) is 7.84. The Balaban J connectivity index is 1.41. The van der Waals surface area contributed by atoms with Crippen molar-refractivity contribution in [2.45, 2.75) is 50.6 Å². The number of benzene rings is 2. The van der Waals surface area contributed by atoms with Gasteiger partial charge in [-0.1, -0.05) is 62.4 Å². The van der Waals surface area contributed by atoms with Gasteiger partial charge < -0.3 is 9.84 Å². The smallest absolute Gasteiger partial charge is 0.411 e. The molecule has 1 saturated heterocycles. The first-order valence-corrected chi connectivity index (χ1v) is 12.4. The molecule has 32 heavy (non-hydrogen) atoms. The van der Waals surface area contributed by atoms with E-state index in [1.165, 1.54) is 11.1 Å². The molecule has 2 aromatic carbocycles. The molecule has 0 aromatic heterocycles.